The Morgan fingerprint density at radius 2 is 1.81 bits per heavy atom. The molecular formula is C23H20N2O6. The van der Waals surface area contributed by atoms with Gasteiger partial charge in [-0.05, 0) is 54.1 Å². The Labute approximate surface area is 178 Å². The third-order valence-corrected chi connectivity index (χ3v) is 4.41. The predicted molar refractivity (Wildman–Crippen MR) is 115 cm³/mol. The first-order valence-corrected chi connectivity index (χ1v) is 9.54. The highest BCUT2D eigenvalue weighted by Gasteiger charge is 2.17. The molecule has 0 atom stereocenters. The van der Waals surface area contributed by atoms with E-state index in [-0.39, 0.29) is 17.6 Å². The van der Waals surface area contributed by atoms with Crippen molar-refractivity contribution in [2.45, 2.75) is 0 Å². The minimum atomic E-state index is -0.374. The van der Waals surface area contributed by atoms with Crippen molar-refractivity contribution in [1.29, 1.82) is 0 Å². The van der Waals surface area contributed by atoms with Crippen LogP contribution in [0.15, 0.2) is 65.3 Å². The van der Waals surface area contributed by atoms with Gasteiger partial charge in [0.25, 0.3) is 5.91 Å². The topological polar surface area (TPSA) is 99.0 Å². The van der Waals surface area contributed by atoms with E-state index in [0.717, 1.165) is 5.56 Å². The Morgan fingerprint density at radius 3 is 2.58 bits per heavy atom. The number of carbonyl (C=O) groups excluding carboxylic acids is 2. The van der Waals surface area contributed by atoms with Crippen LogP contribution in [0.5, 0.6) is 17.2 Å². The van der Waals surface area contributed by atoms with Crippen molar-refractivity contribution in [1.82, 2.24) is 0 Å². The summed E-state index contributed by atoms with van der Waals surface area (Å²) in [4.78, 5) is 24.5. The maximum atomic E-state index is 12.4. The summed E-state index contributed by atoms with van der Waals surface area (Å²) in [6.07, 6.45) is 4.48. The van der Waals surface area contributed by atoms with Crippen LogP contribution in [0.3, 0.4) is 0 Å². The minimum absolute atomic E-state index is 0.201. The van der Waals surface area contributed by atoms with Crippen molar-refractivity contribution in [2.24, 2.45) is 0 Å². The molecule has 2 aromatic carbocycles. The molecule has 0 aliphatic carbocycles. The lowest BCUT2D eigenvalue weighted by molar-refractivity contribution is -0.111. The number of carbonyl (C=O) groups is 2. The molecule has 2 heterocycles. The van der Waals surface area contributed by atoms with Crippen LogP contribution in [0.25, 0.3) is 6.08 Å². The molecule has 1 aliphatic rings. The van der Waals surface area contributed by atoms with Gasteiger partial charge < -0.3 is 29.3 Å². The van der Waals surface area contributed by atoms with Gasteiger partial charge in [0.15, 0.2) is 17.3 Å². The van der Waals surface area contributed by atoms with Crippen LogP contribution >= 0.6 is 0 Å². The Kier molecular flexibility index (Phi) is 5.89. The molecule has 31 heavy (non-hydrogen) atoms. The number of amides is 2. The van der Waals surface area contributed by atoms with Crippen LogP contribution in [-0.2, 0) is 4.79 Å². The van der Waals surface area contributed by atoms with Gasteiger partial charge in [0.05, 0.1) is 13.4 Å². The molecule has 2 amide bonds. The molecule has 1 aliphatic heterocycles. The molecule has 158 valence electrons. The SMILES string of the molecule is COc1cc(/C=C/C(=O)Nc2cccc(NC(=O)c3ccco3)c2)cc2c1OCCO2. The lowest BCUT2D eigenvalue weighted by Gasteiger charge is -2.20. The van der Waals surface area contributed by atoms with E-state index in [1.165, 1.54) is 12.3 Å². The lowest BCUT2D eigenvalue weighted by atomic mass is 10.1. The van der Waals surface area contributed by atoms with Gasteiger partial charge in [-0.1, -0.05) is 6.07 Å². The zero-order chi connectivity index (χ0) is 21.6. The number of anilines is 2. The van der Waals surface area contributed by atoms with Gasteiger partial charge in [-0.15, -0.1) is 0 Å². The van der Waals surface area contributed by atoms with E-state index >= 15 is 0 Å². The summed E-state index contributed by atoms with van der Waals surface area (Å²) in [5, 5.41) is 5.48. The van der Waals surface area contributed by atoms with Crippen LogP contribution in [0.4, 0.5) is 11.4 Å². The molecule has 8 nitrogen and oxygen atoms in total. The summed E-state index contributed by atoms with van der Waals surface area (Å²) < 4.78 is 21.6. The molecule has 3 aromatic rings. The molecule has 0 saturated heterocycles. The maximum absolute atomic E-state index is 12.4. The van der Waals surface area contributed by atoms with Gasteiger partial charge in [0.2, 0.25) is 11.7 Å². The summed E-state index contributed by atoms with van der Waals surface area (Å²) in [6, 6.07) is 13.6. The highest BCUT2D eigenvalue weighted by Crippen LogP contribution is 2.40. The van der Waals surface area contributed by atoms with E-state index in [0.29, 0.717) is 41.8 Å². The van der Waals surface area contributed by atoms with Gasteiger partial charge in [-0.25, -0.2) is 0 Å². The van der Waals surface area contributed by atoms with Gasteiger partial charge in [0, 0.05) is 17.5 Å². The highest BCUT2D eigenvalue weighted by molar-refractivity contribution is 6.04. The Morgan fingerprint density at radius 1 is 1.00 bits per heavy atom. The summed E-state index contributed by atoms with van der Waals surface area (Å²) in [7, 11) is 1.55. The van der Waals surface area contributed by atoms with Gasteiger partial charge >= 0.3 is 0 Å². The molecule has 0 unspecified atom stereocenters. The average Bonchev–Trinajstić information content (AvgIpc) is 3.32. The van der Waals surface area contributed by atoms with E-state index in [1.54, 1.807) is 61.7 Å². The van der Waals surface area contributed by atoms with Crippen molar-refractivity contribution in [3.63, 3.8) is 0 Å². The fraction of sp³-hybridized carbons (Fsp3) is 0.130. The minimum Gasteiger partial charge on any atom is -0.493 e. The normalized spacial score (nSPS) is 12.4. The van der Waals surface area contributed by atoms with Crippen molar-refractivity contribution in [3.05, 3.63) is 72.2 Å². The second-order valence-corrected chi connectivity index (χ2v) is 6.58. The Hall–Kier alpha value is -4.20. The third kappa shape index (κ3) is 4.87. The molecule has 1 aromatic heterocycles. The van der Waals surface area contributed by atoms with Crippen LogP contribution in [-0.4, -0.2) is 32.1 Å². The van der Waals surface area contributed by atoms with Crippen molar-refractivity contribution >= 4 is 29.3 Å². The Bertz CT molecular complexity index is 1100. The van der Waals surface area contributed by atoms with E-state index in [9.17, 15) is 9.59 Å². The van der Waals surface area contributed by atoms with Crippen LogP contribution in [0.1, 0.15) is 16.1 Å². The molecule has 0 saturated carbocycles. The van der Waals surface area contributed by atoms with Crippen molar-refractivity contribution in [2.75, 3.05) is 31.0 Å². The average molecular weight is 420 g/mol. The third-order valence-electron chi connectivity index (χ3n) is 4.41. The van der Waals surface area contributed by atoms with Crippen molar-refractivity contribution in [3.8, 4) is 17.2 Å². The van der Waals surface area contributed by atoms with E-state index in [4.69, 9.17) is 18.6 Å². The molecule has 4 rings (SSSR count). The van der Waals surface area contributed by atoms with Gasteiger partial charge in [0.1, 0.15) is 13.2 Å². The molecule has 8 heteroatoms. The standard InChI is InChI=1S/C23H20N2O6/c1-28-19-12-15(13-20-22(19)31-11-10-30-20)7-8-21(26)24-16-4-2-5-17(14-16)25-23(27)18-6-3-9-29-18/h2-9,12-14H,10-11H2,1H3,(H,24,26)(H,25,27)/b8-7+. The molecule has 2 N–H and O–H groups in total. The zero-order valence-corrected chi connectivity index (χ0v) is 16.7. The first kappa shape index (κ1) is 20.1. The Balaban J connectivity index is 1.42. The summed E-state index contributed by atoms with van der Waals surface area (Å²) in [5.74, 6) is 1.17. The first-order valence-electron chi connectivity index (χ1n) is 9.54. The number of nitrogens with one attached hydrogen (secondary N) is 2. The van der Waals surface area contributed by atoms with Crippen LogP contribution < -0.4 is 24.8 Å². The van der Waals surface area contributed by atoms with Crippen LogP contribution in [0, 0.1) is 0 Å². The fourth-order valence-corrected chi connectivity index (χ4v) is 3.02. The number of fused-ring (bicyclic) bond motifs is 1. The monoisotopic (exact) mass is 420 g/mol. The van der Waals surface area contributed by atoms with Gasteiger partial charge in [-0.2, -0.15) is 0 Å². The van der Waals surface area contributed by atoms with Crippen LogP contribution in [0.2, 0.25) is 0 Å². The number of rotatable bonds is 6. The number of ether oxygens (including phenoxy) is 3. The van der Waals surface area contributed by atoms with Gasteiger partial charge in [-0.3, -0.25) is 9.59 Å². The second kappa shape index (κ2) is 9.08. The number of benzene rings is 2. The number of furan rings is 1. The quantitative estimate of drug-likeness (QED) is 0.586. The number of hydrogen-bond acceptors (Lipinski definition) is 6. The number of hydrogen-bond donors (Lipinski definition) is 2. The molecule has 0 spiro atoms. The van der Waals surface area contributed by atoms with E-state index in [2.05, 4.69) is 10.6 Å². The number of methoxy groups -OCH3 is 1. The van der Waals surface area contributed by atoms with E-state index in [1.807, 2.05) is 0 Å². The first-order chi connectivity index (χ1) is 15.1. The smallest absolute Gasteiger partial charge is 0.291 e. The molecule has 0 radical (unpaired) electrons. The predicted octanol–water partition coefficient (Wildman–Crippen LogP) is 3.96. The summed E-state index contributed by atoms with van der Waals surface area (Å²) >= 11 is 0. The molecule has 0 bridgehead atoms. The molecular weight excluding hydrogens is 400 g/mol. The second-order valence-electron chi connectivity index (χ2n) is 6.58. The highest BCUT2D eigenvalue weighted by atomic mass is 16.6. The largest absolute Gasteiger partial charge is 0.493 e. The molecule has 0 fully saturated rings. The summed E-state index contributed by atoms with van der Waals surface area (Å²) in [5.41, 5.74) is 1.79. The zero-order valence-electron chi connectivity index (χ0n) is 16.7. The lowest BCUT2D eigenvalue weighted by Crippen LogP contribution is -2.16. The van der Waals surface area contributed by atoms with Crippen molar-refractivity contribution < 1.29 is 28.2 Å². The fourth-order valence-electron chi connectivity index (χ4n) is 3.02. The maximum Gasteiger partial charge on any atom is 0.291 e. The van der Waals surface area contributed by atoms with E-state index < -0.39 is 0 Å². The summed E-state index contributed by atoms with van der Waals surface area (Å²) in [6.45, 7) is 0.915.